The lowest BCUT2D eigenvalue weighted by Crippen LogP contribution is -2.09. The Bertz CT molecular complexity index is 1190. The van der Waals surface area contributed by atoms with Crippen LogP contribution in [-0.4, -0.2) is 20.2 Å². The normalized spacial score (nSPS) is 11.2. The zero-order valence-electron chi connectivity index (χ0n) is 13.2. The minimum atomic E-state index is -0.292. The number of pyridine rings is 1. The maximum absolute atomic E-state index is 12.3. The molecule has 26 heavy (non-hydrogen) atoms. The van der Waals surface area contributed by atoms with Crippen molar-refractivity contribution in [2.45, 2.75) is 6.42 Å². The molecule has 4 aromatic rings. The average Bonchev–Trinajstić information content (AvgIpc) is 3.06. The van der Waals surface area contributed by atoms with Crippen LogP contribution in [0.1, 0.15) is 11.5 Å². The Hall–Kier alpha value is -2.64. The Morgan fingerprint density at radius 2 is 2.04 bits per heavy atom. The van der Waals surface area contributed by atoms with Gasteiger partial charge in [0.05, 0.1) is 17.0 Å². The van der Waals surface area contributed by atoms with Crippen molar-refractivity contribution in [3.63, 3.8) is 0 Å². The maximum atomic E-state index is 12.3. The summed E-state index contributed by atoms with van der Waals surface area (Å²) in [6, 6.07) is 12.1. The standard InChI is InChI=1S/C18H11BrClN3O3/c19-11-2-3-14-10(7-11)8-12(18(25)21-14)17-22-16(26-23-17)6-9-1-4-15(24)13(20)5-9/h1-5,7-8,24H,6H2,(H,21,25). The van der Waals surface area contributed by atoms with E-state index >= 15 is 0 Å². The lowest BCUT2D eigenvalue weighted by atomic mass is 10.1. The first-order valence-corrected chi connectivity index (χ1v) is 8.79. The Morgan fingerprint density at radius 3 is 2.85 bits per heavy atom. The SMILES string of the molecule is O=c1[nH]c2ccc(Br)cc2cc1-c1noc(Cc2ccc(O)c(Cl)c2)n1. The van der Waals surface area contributed by atoms with Gasteiger partial charge in [-0.05, 0) is 42.0 Å². The predicted molar refractivity (Wildman–Crippen MR) is 101 cm³/mol. The fraction of sp³-hybridized carbons (Fsp3) is 0.0556. The number of fused-ring (bicyclic) bond motifs is 1. The van der Waals surface area contributed by atoms with E-state index in [0.717, 1.165) is 20.9 Å². The summed E-state index contributed by atoms with van der Waals surface area (Å²) in [5.74, 6) is 0.569. The number of aromatic amines is 1. The highest BCUT2D eigenvalue weighted by molar-refractivity contribution is 9.10. The highest BCUT2D eigenvalue weighted by atomic mass is 79.9. The highest BCUT2D eigenvalue weighted by Gasteiger charge is 2.14. The fourth-order valence-corrected chi connectivity index (χ4v) is 3.20. The lowest BCUT2D eigenvalue weighted by molar-refractivity contribution is 0.385. The van der Waals surface area contributed by atoms with Crippen LogP contribution in [0.15, 0.2) is 56.3 Å². The molecule has 0 aliphatic carbocycles. The van der Waals surface area contributed by atoms with Crippen LogP contribution >= 0.6 is 27.5 Å². The van der Waals surface area contributed by atoms with Gasteiger partial charge in [-0.3, -0.25) is 4.79 Å². The number of phenols is 1. The number of nitrogens with zero attached hydrogens (tertiary/aromatic N) is 2. The van der Waals surface area contributed by atoms with E-state index < -0.39 is 0 Å². The second-order valence-electron chi connectivity index (χ2n) is 5.72. The summed E-state index contributed by atoms with van der Waals surface area (Å²) in [4.78, 5) is 19.5. The number of hydrogen-bond acceptors (Lipinski definition) is 5. The van der Waals surface area contributed by atoms with Crippen LogP contribution in [0.25, 0.3) is 22.3 Å². The Balaban J connectivity index is 1.69. The molecule has 0 unspecified atom stereocenters. The van der Waals surface area contributed by atoms with Crippen LogP contribution in [0.3, 0.4) is 0 Å². The van der Waals surface area contributed by atoms with Gasteiger partial charge in [-0.15, -0.1) is 0 Å². The molecule has 0 radical (unpaired) electrons. The van der Waals surface area contributed by atoms with E-state index in [1.807, 2.05) is 18.2 Å². The number of H-pyrrole nitrogens is 1. The number of hydrogen-bond donors (Lipinski definition) is 2. The van der Waals surface area contributed by atoms with Gasteiger partial charge in [0, 0.05) is 15.4 Å². The maximum Gasteiger partial charge on any atom is 0.259 e. The molecule has 2 aromatic carbocycles. The Kier molecular flexibility index (Phi) is 4.26. The predicted octanol–water partition coefficient (Wildman–Crippen LogP) is 4.29. The smallest absolute Gasteiger partial charge is 0.259 e. The van der Waals surface area contributed by atoms with Crippen molar-refractivity contribution in [3.05, 3.63) is 73.8 Å². The van der Waals surface area contributed by atoms with Crippen LogP contribution in [0.5, 0.6) is 5.75 Å². The third-order valence-electron chi connectivity index (χ3n) is 3.88. The van der Waals surface area contributed by atoms with Gasteiger partial charge in [0.1, 0.15) is 5.75 Å². The van der Waals surface area contributed by atoms with Crippen LogP contribution < -0.4 is 5.56 Å². The molecule has 6 nitrogen and oxygen atoms in total. The number of aromatic hydroxyl groups is 1. The molecule has 2 aromatic heterocycles. The van der Waals surface area contributed by atoms with Gasteiger partial charge in [-0.2, -0.15) is 4.98 Å². The molecular weight excluding hydrogens is 422 g/mol. The number of rotatable bonds is 3. The van der Waals surface area contributed by atoms with Crippen molar-refractivity contribution in [1.82, 2.24) is 15.1 Å². The molecular formula is C18H11BrClN3O3. The summed E-state index contributed by atoms with van der Waals surface area (Å²) in [7, 11) is 0. The molecule has 0 atom stereocenters. The van der Waals surface area contributed by atoms with Crippen LogP contribution in [0.2, 0.25) is 5.02 Å². The fourth-order valence-electron chi connectivity index (χ4n) is 2.61. The van der Waals surface area contributed by atoms with Gasteiger partial charge in [-0.25, -0.2) is 0 Å². The first kappa shape index (κ1) is 16.8. The van der Waals surface area contributed by atoms with Gasteiger partial charge in [0.25, 0.3) is 5.56 Å². The molecule has 0 saturated carbocycles. The number of nitrogens with one attached hydrogen (secondary N) is 1. The molecule has 0 aliphatic heterocycles. The topological polar surface area (TPSA) is 92.0 Å². The zero-order chi connectivity index (χ0) is 18.3. The van der Waals surface area contributed by atoms with Crippen molar-refractivity contribution in [2.24, 2.45) is 0 Å². The quantitative estimate of drug-likeness (QED) is 0.504. The van der Waals surface area contributed by atoms with Gasteiger partial charge < -0.3 is 14.6 Å². The van der Waals surface area contributed by atoms with Crippen molar-refractivity contribution >= 4 is 38.4 Å². The van der Waals surface area contributed by atoms with E-state index in [2.05, 4.69) is 31.1 Å². The van der Waals surface area contributed by atoms with E-state index in [1.165, 1.54) is 6.07 Å². The molecule has 2 heterocycles. The molecule has 130 valence electrons. The summed E-state index contributed by atoms with van der Waals surface area (Å²) >= 11 is 9.32. The second kappa shape index (κ2) is 6.59. The number of halogens is 2. The molecule has 0 fully saturated rings. The van der Waals surface area contributed by atoms with E-state index in [9.17, 15) is 9.90 Å². The molecule has 4 rings (SSSR count). The zero-order valence-corrected chi connectivity index (χ0v) is 15.5. The van der Waals surface area contributed by atoms with Gasteiger partial charge in [-0.1, -0.05) is 38.8 Å². The summed E-state index contributed by atoms with van der Waals surface area (Å²) in [5, 5.41) is 14.5. The minimum absolute atomic E-state index is 0.00972. The average molecular weight is 433 g/mol. The van der Waals surface area contributed by atoms with Crippen molar-refractivity contribution in [3.8, 4) is 17.1 Å². The third kappa shape index (κ3) is 3.23. The first-order chi connectivity index (χ1) is 12.5. The van der Waals surface area contributed by atoms with E-state index in [-0.39, 0.29) is 22.2 Å². The van der Waals surface area contributed by atoms with E-state index in [0.29, 0.717) is 17.9 Å². The molecule has 0 amide bonds. The van der Waals surface area contributed by atoms with Gasteiger partial charge >= 0.3 is 0 Å². The molecule has 0 spiro atoms. The van der Waals surface area contributed by atoms with Crippen molar-refractivity contribution in [2.75, 3.05) is 0 Å². The summed E-state index contributed by atoms with van der Waals surface area (Å²) in [5.41, 5.74) is 1.57. The molecule has 2 N–H and O–H groups in total. The minimum Gasteiger partial charge on any atom is -0.506 e. The number of aromatic nitrogens is 3. The first-order valence-electron chi connectivity index (χ1n) is 7.62. The number of phenolic OH excluding ortho intramolecular Hbond substituents is 1. The van der Waals surface area contributed by atoms with E-state index in [4.69, 9.17) is 16.1 Å². The molecule has 0 aliphatic rings. The lowest BCUT2D eigenvalue weighted by Gasteiger charge is -2.01. The summed E-state index contributed by atoms with van der Waals surface area (Å²) in [6.45, 7) is 0. The monoisotopic (exact) mass is 431 g/mol. The highest BCUT2D eigenvalue weighted by Crippen LogP contribution is 2.25. The molecule has 0 bridgehead atoms. The molecule has 0 saturated heterocycles. The van der Waals surface area contributed by atoms with Crippen LogP contribution in [0.4, 0.5) is 0 Å². The number of benzene rings is 2. The Morgan fingerprint density at radius 1 is 1.19 bits per heavy atom. The largest absolute Gasteiger partial charge is 0.506 e. The second-order valence-corrected chi connectivity index (χ2v) is 7.04. The molecule has 8 heteroatoms. The van der Waals surface area contributed by atoms with Gasteiger partial charge in [0.2, 0.25) is 11.7 Å². The van der Waals surface area contributed by atoms with Crippen molar-refractivity contribution in [1.29, 1.82) is 0 Å². The van der Waals surface area contributed by atoms with Gasteiger partial charge in [0.15, 0.2) is 0 Å². The Labute approximate surface area is 160 Å². The summed E-state index contributed by atoms with van der Waals surface area (Å²) in [6.07, 6.45) is 0.337. The van der Waals surface area contributed by atoms with E-state index in [1.54, 1.807) is 18.2 Å². The van der Waals surface area contributed by atoms with Crippen molar-refractivity contribution < 1.29 is 9.63 Å². The summed E-state index contributed by atoms with van der Waals surface area (Å²) < 4.78 is 6.16. The van der Waals surface area contributed by atoms with Crippen LogP contribution in [-0.2, 0) is 6.42 Å². The third-order valence-corrected chi connectivity index (χ3v) is 4.68. The van der Waals surface area contributed by atoms with Crippen LogP contribution in [0, 0.1) is 0 Å².